The Morgan fingerprint density at radius 2 is 2.20 bits per heavy atom. The monoisotopic (exact) mass is 216 g/mol. The minimum absolute atomic E-state index is 0.00200. The van der Waals surface area contributed by atoms with Crippen LogP contribution in [0.25, 0.3) is 0 Å². The summed E-state index contributed by atoms with van der Waals surface area (Å²) in [6, 6.07) is 0. The number of carbonyl (C=O) groups is 1. The summed E-state index contributed by atoms with van der Waals surface area (Å²) in [5.41, 5.74) is 0. The van der Waals surface area contributed by atoms with Crippen LogP contribution >= 0.6 is 0 Å². The predicted molar refractivity (Wildman–Crippen MR) is 57.3 cm³/mol. The molecular weight excluding hydrogens is 196 g/mol. The molecule has 0 aliphatic carbocycles. The molecule has 0 aliphatic rings. The van der Waals surface area contributed by atoms with Gasteiger partial charge >= 0.3 is 5.97 Å². The third kappa shape index (κ3) is 9.43. The molecule has 0 bridgehead atoms. The molecule has 0 radical (unpaired) electrons. The maximum atomic E-state index is 11.0. The lowest BCUT2D eigenvalue weighted by molar-refractivity contribution is -0.146. The van der Waals surface area contributed by atoms with Gasteiger partial charge < -0.3 is 14.9 Å². The van der Waals surface area contributed by atoms with E-state index in [2.05, 4.69) is 11.3 Å². The molecule has 4 nitrogen and oxygen atoms in total. The smallest absolute Gasteiger partial charge is 0.308 e. The first-order valence-corrected chi connectivity index (χ1v) is 5.26. The second-order valence-electron chi connectivity index (χ2n) is 3.38. The van der Waals surface area contributed by atoms with E-state index in [1.165, 1.54) is 0 Å². The van der Waals surface area contributed by atoms with Crippen LogP contribution in [-0.4, -0.2) is 35.5 Å². The highest BCUT2D eigenvalue weighted by Crippen LogP contribution is 2.07. The van der Waals surface area contributed by atoms with Crippen LogP contribution in [0.1, 0.15) is 32.1 Å². The van der Waals surface area contributed by atoms with Crippen molar-refractivity contribution in [2.45, 2.75) is 38.2 Å². The summed E-state index contributed by atoms with van der Waals surface area (Å²) in [5, 5.41) is 17.8. The Hall–Kier alpha value is -0.870. The Balaban J connectivity index is 3.42. The molecule has 0 spiro atoms. The van der Waals surface area contributed by atoms with Crippen LogP contribution < -0.4 is 0 Å². The van der Waals surface area contributed by atoms with E-state index in [-0.39, 0.29) is 19.6 Å². The highest BCUT2D eigenvalue weighted by atomic mass is 16.5. The Kier molecular flexibility index (Phi) is 9.11. The normalized spacial score (nSPS) is 12.1. The van der Waals surface area contributed by atoms with E-state index in [1.54, 1.807) is 0 Å². The Morgan fingerprint density at radius 1 is 1.47 bits per heavy atom. The molecule has 0 aromatic carbocycles. The van der Waals surface area contributed by atoms with Crippen LogP contribution in [-0.2, 0) is 9.53 Å². The third-order valence-corrected chi connectivity index (χ3v) is 1.95. The number of carbonyl (C=O) groups excluding carboxylic acids is 1. The van der Waals surface area contributed by atoms with Crippen LogP contribution in [0.5, 0.6) is 0 Å². The van der Waals surface area contributed by atoms with Crippen LogP contribution in [0.4, 0.5) is 0 Å². The van der Waals surface area contributed by atoms with E-state index in [0.717, 1.165) is 19.3 Å². The molecule has 15 heavy (non-hydrogen) atoms. The molecule has 88 valence electrons. The van der Waals surface area contributed by atoms with E-state index in [0.29, 0.717) is 6.42 Å². The van der Waals surface area contributed by atoms with E-state index in [4.69, 9.17) is 5.11 Å². The quantitative estimate of drug-likeness (QED) is 0.343. The lowest BCUT2D eigenvalue weighted by atomic mass is 10.1. The van der Waals surface area contributed by atoms with Crippen LogP contribution in [0, 0.1) is 0 Å². The van der Waals surface area contributed by atoms with Crippen molar-refractivity contribution in [3.8, 4) is 0 Å². The molecule has 0 aromatic rings. The zero-order valence-corrected chi connectivity index (χ0v) is 9.02. The molecule has 0 saturated carbocycles. The summed E-state index contributed by atoms with van der Waals surface area (Å²) in [5.74, 6) is -0.458. The van der Waals surface area contributed by atoms with E-state index in [1.807, 2.05) is 6.08 Å². The first-order chi connectivity index (χ1) is 7.20. The van der Waals surface area contributed by atoms with Gasteiger partial charge in [0.15, 0.2) is 0 Å². The van der Waals surface area contributed by atoms with Gasteiger partial charge in [0.25, 0.3) is 0 Å². The average molecular weight is 216 g/mol. The molecule has 0 saturated heterocycles. The summed E-state index contributed by atoms with van der Waals surface area (Å²) in [6.07, 6.45) is 4.59. The zero-order valence-electron chi connectivity index (χ0n) is 9.02. The summed E-state index contributed by atoms with van der Waals surface area (Å²) < 4.78 is 4.62. The summed E-state index contributed by atoms with van der Waals surface area (Å²) >= 11 is 0. The van der Waals surface area contributed by atoms with Crippen LogP contribution in [0.15, 0.2) is 12.7 Å². The van der Waals surface area contributed by atoms with Gasteiger partial charge in [-0.15, -0.1) is 6.58 Å². The standard InChI is InChI=1S/C11H20O4/c1-2-3-4-5-6-10(13)9-11(14)15-8-7-12/h2,10,12-13H,1,3-9H2. The number of rotatable bonds is 9. The Bertz CT molecular complexity index is 179. The largest absolute Gasteiger partial charge is 0.463 e. The molecule has 0 fully saturated rings. The summed E-state index contributed by atoms with van der Waals surface area (Å²) in [4.78, 5) is 11.0. The van der Waals surface area contributed by atoms with E-state index >= 15 is 0 Å². The molecule has 0 aliphatic heterocycles. The van der Waals surface area contributed by atoms with Crippen molar-refractivity contribution in [3.63, 3.8) is 0 Å². The lowest BCUT2D eigenvalue weighted by Crippen LogP contribution is -2.17. The van der Waals surface area contributed by atoms with Crippen molar-refractivity contribution < 1.29 is 19.7 Å². The van der Waals surface area contributed by atoms with Gasteiger partial charge in [-0.25, -0.2) is 0 Å². The van der Waals surface area contributed by atoms with Gasteiger partial charge in [0.1, 0.15) is 6.61 Å². The molecule has 0 aromatic heterocycles. The molecular formula is C11H20O4. The first kappa shape index (κ1) is 14.1. The van der Waals surface area contributed by atoms with E-state index < -0.39 is 12.1 Å². The maximum absolute atomic E-state index is 11.0. The van der Waals surface area contributed by atoms with Crippen molar-refractivity contribution in [2.75, 3.05) is 13.2 Å². The highest BCUT2D eigenvalue weighted by molar-refractivity contribution is 5.69. The number of hydrogen-bond donors (Lipinski definition) is 2. The molecule has 0 rings (SSSR count). The third-order valence-electron chi connectivity index (χ3n) is 1.95. The van der Waals surface area contributed by atoms with Gasteiger partial charge in [0, 0.05) is 0 Å². The molecule has 1 unspecified atom stereocenters. The Morgan fingerprint density at radius 3 is 2.80 bits per heavy atom. The van der Waals surface area contributed by atoms with Crippen molar-refractivity contribution in [1.82, 2.24) is 0 Å². The number of ether oxygens (including phenoxy) is 1. The predicted octanol–water partition coefficient (Wildman–Crippen LogP) is 1.02. The fourth-order valence-corrected chi connectivity index (χ4v) is 1.18. The first-order valence-electron chi connectivity index (χ1n) is 5.26. The topological polar surface area (TPSA) is 66.8 Å². The maximum Gasteiger partial charge on any atom is 0.308 e. The molecule has 4 heteroatoms. The Labute approximate surface area is 90.6 Å². The van der Waals surface area contributed by atoms with E-state index in [9.17, 15) is 9.90 Å². The van der Waals surface area contributed by atoms with Gasteiger partial charge in [-0.2, -0.15) is 0 Å². The fraction of sp³-hybridized carbons (Fsp3) is 0.727. The zero-order chi connectivity index (χ0) is 11.5. The second-order valence-corrected chi connectivity index (χ2v) is 3.38. The molecule has 2 N–H and O–H groups in total. The highest BCUT2D eigenvalue weighted by Gasteiger charge is 2.11. The molecule has 1 atom stereocenters. The number of hydrogen-bond acceptors (Lipinski definition) is 4. The average Bonchev–Trinajstić information content (AvgIpc) is 2.21. The van der Waals surface area contributed by atoms with Gasteiger partial charge in [-0.1, -0.05) is 12.5 Å². The second kappa shape index (κ2) is 9.68. The van der Waals surface area contributed by atoms with Gasteiger partial charge in [0.05, 0.1) is 19.1 Å². The molecule has 0 heterocycles. The molecule has 0 amide bonds. The van der Waals surface area contributed by atoms with Crippen LogP contribution in [0.3, 0.4) is 0 Å². The summed E-state index contributed by atoms with van der Waals surface area (Å²) in [6.45, 7) is 3.42. The van der Waals surface area contributed by atoms with Gasteiger partial charge in [-0.05, 0) is 19.3 Å². The minimum atomic E-state index is -0.638. The van der Waals surface area contributed by atoms with Crippen molar-refractivity contribution in [3.05, 3.63) is 12.7 Å². The lowest BCUT2D eigenvalue weighted by Gasteiger charge is -2.09. The number of aliphatic hydroxyl groups excluding tert-OH is 2. The van der Waals surface area contributed by atoms with Gasteiger partial charge in [-0.3, -0.25) is 4.79 Å². The number of allylic oxidation sites excluding steroid dienone is 1. The number of esters is 1. The van der Waals surface area contributed by atoms with Crippen molar-refractivity contribution in [1.29, 1.82) is 0 Å². The van der Waals surface area contributed by atoms with Crippen LogP contribution in [0.2, 0.25) is 0 Å². The van der Waals surface area contributed by atoms with Crippen molar-refractivity contribution in [2.24, 2.45) is 0 Å². The SMILES string of the molecule is C=CCCCCC(O)CC(=O)OCCO. The number of unbranched alkanes of at least 4 members (excludes halogenated alkanes) is 2. The summed E-state index contributed by atoms with van der Waals surface area (Å²) in [7, 11) is 0. The minimum Gasteiger partial charge on any atom is -0.463 e. The fourth-order valence-electron chi connectivity index (χ4n) is 1.18. The van der Waals surface area contributed by atoms with Crippen molar-refractivity contribution >= 4 is 5.97 Å². The number of aliphatic hydroxyl groups is 2. The van der Waals surface area contributed by atoms with Gasteiger partial charge in [0.2, 0.25) is 0 Å².